The van der Waals surface area contributed by atoms with Crippen LogP contribution in [0.2, 0.25) is 0 Å². The largest absolute Gasteiger partial charge is 0.376 e. The Labute approximate surface area is 215 Å². The summed E-state index contributed by atoms with van der Waals surface area (Å²) in [7, 11) is 0. The molecule has 0 spiro atoms. The molecule has 8 nitrogen and oxygen atoms in total. The summed E-state index contributed by atoms with van der Waals surface area (Å²) in [4.78, 5) is 11.1. The molecule has 5 heterocycles. The molecule has 1 unspecified atom stereocenters. The smallest absolute Gasteiger partial charge is 0.153 e. The summed E-state index contributed by atoms with van der Waals surface area (Å²) in [5, 5.41) is 23.9. The van der Waals surface area contributed by atoms with Crippen molar-refractivity contribution in [2.45, 2.75) is 51.9 Å². The van der Waals surface area contributed by atoms with Gasteiger partial charge in [0, 0.05) is 65.4 Å². The topological polar surface area (TPSA) is 91.1 Å². The van der Waals surface area contributed by atoms with Crippen molar-refractivity contribution in [2.24, 2.45) is 0 Å². The first-order valence-electron chi connectivity index (χ1n) is 13.0. The molecule has 192 valence electrons. The maximum atomic E-state index is 15.0. The molecule has 1 aromatic carbocycles. The number of pyridine rings is 2. The van der Waals surface area contributed by atoms with Crippen molar-refractivity contribution >= 4 is 22.4 Å². The molecule has 0 bridgehead atoms. The van der Waals surface area contributed by atoms with Crippen molar-refractivity contribution in [1.82, 2.24) is 30.0 Å². The Hall–Kier alpha value is -3.40. The van der Waals surface area contributed by atoms with Crippen molar-refractivity contribution in [2.75, 3.05) is 25.0 Å². The minimum absolute atomic E-state index is 0.293. The van der Waals surface area contributed by atoms with Gasteiger partial charge in [0.25, 0.3) is 0 Å². The van der Waals surface area contributed by atoms with Gasteiger partial charge in [0.15, 0.2) is 5.82 Å². The third-order valence-corrected chi connectivity index (χ3v) is 7.59. The summed E-state index contributed by atoms with van der Waals surface area (Å²) < 4.78 is 16.9. The van der Waals surface area contributed by atoms with Gasteiger partial charge in [-0.05, 0) is 75.0 Å². The van der Waals surface area contributed by atoms with Gasteiger partial charge >= 0.3 is 0 Å². The van der Waals surface area contributed by atoms with Crippen LogP contribution in [0, 0.1) is 19.7 Å². The Morgan fingerprint density at radius 3 is 2.62 bits per heavy atom. The first-order chi connectivity index (χ1) is 17.9. The number of aryl methyl sites for hydroxylation is 2. The number of hydrogen-bond acceptors (Lipinski definition) is 7. The molecule has 0 amide bonds. The molecule has 6 rings (SSSR count). The highest BCUT2D eigenvalue weighted by molar-refractivity contribution is 5.89. The van der Waals surface area contributed by atoms with Gasteiger partial charge in [-0.15, -0.1) is 0 Å². The molecule has 0 aliphatic carbocycles. The second-order valence-corrected chi connectivity index (χ2v) is 10.2. The van der Waals surface area contributed by atoms with E-state index in [4.69, 9.17) is 5.10 Å². The maximum Gasteiger partial charge on any atom is 0.153 e. The zero-order valence-corrected chi connectivity index (χ0v) is 21.2. The summed E-state index contributed by atoms with van der Waals surface area (Å²) in [6, 6.07) is 9.69. The molecule has 2 aliphatic rings. The van der Waals surface area contributed by atoms with Crippen molar-refractivity contribution in [1.29, 1.82) is 0 Å². The predicted molar refractivity (Wildman–Crippen MR) is 142 cm³/mol. The van der Waals surface area contributed by atoms with Crippen molar-refractivity contribution < 1.29 is 9.50 Å². The van der Waals surface area contributed by atoms with E-state index in [1.807, 2.05) is 42.8 Å². The molecule has 37 heavy (non-hydrogen) atoms. The molecular formula is C28H32FN7O. The average molecular weight is 502 g/mol. The lowest BCUT2D eigenvalue weighted by molar-refractivity contribution is -0.0382. The quantitative estimate of drug-likeness (QED) is 0.390. The van der Waals surface area contributed by atoms with E-state index >= 15 is 0 Å². The number of rotatable bonds is 4. The number of nitrogens with zero attached hydrogens (tertiary/aromatic N) is 5. The molecule has 3 aromatic heterocycles. The second kappa shape index (κ2) is 9.81. The van der Waals surface area contributed by atoms with Crippen LogP contribution >= 0.6 is 0 Å². The number of aliphatic hydroxyl groups is 1. The molecule has 3 N–H and O–H groups in total. The third-order valence-electron chi connectivity index (χ3n) is 7.59. The lowest BCUT2D eigenvalue weighted by Crippen LogP contribution is -2.49. The highest BCUT2D eigenvalue weighted by atomic mass is 19.1. The van der Waals surface area contributed by atoms with Gasteiger partial charge in [-0.1, -0.05) is 0 Å². The fraction of sp³-hybridized carbons (Fsp3) is 0.393. The monoisotopic (exact) mass is 501 g/mol. The molecule has 4 aromatic rings. The first-order valence-corrected chi connectivity index (χ1v) is 13.0. The summed E-state index contributed by atoms with van der Waals surface area (Å²) in [5.74, 6) is 1.03. The maximum absolute atomic E-state index is 15.0. The van der Waals surface area contributed by atoms with Crippen molar-refractivity contribution in [3.05, 3.63) is 65.5 Å². The number of aliphatic hydroxyl groups excluding tert-OH is 1. The SMILES string of the molecule is Cc1cc(C)c(-c2cc3cc(Nc4cc5n(n4)CC(O)N(C4CCNCC4)CC5)ncc3cc2F)cn1. The average Bonchev–Trinajstić information content (AvgIpc) is 3.18. The number of hydrogen-bond donors (Lipinski definition) is 3. The lowest BCUT2D eigenvalue weighted by atomic mass is 9.99. The van der Waals surface area contributed by atoms with E-state index in [1.165, 1.54) is 6.07 Å². The van der Waals surface area contributed by atoms with Crippen LogP contribution in [0.1, 0.15) is 29.8 Å². The van der Waals surface area contributed by atoms with Crippen LogP contribution in [-0.2, 0) is 13.0 Å². The number of aromatic nitrogens is 4. The summed E-state index contributed by atoms with van der Waals surface area (Å²) in [6.07, 6.45) is 5.80. The molecule has 2 aliphatic heterocycles. The zero-order chi connectivity index (χ0) is 25.5. The Bertz CT molecular complexity index is 1450. The zero-order valence-electron chi connectivity index (χ0n) is 21.2. The Morgan fingerprint density at radius 2 is 1.81 bits per heavy atom. The predicted octanol–water partition coefficient (Wildman–Crippen LogP) is 3.92. The van der Waals surface area contributed by atoms with Gasteiger partial charge in [0.2, 0.25) is 0 Å². The van der Waals surface area contributed by atoms with E-state index in [9.17, 15) is 9.50 Å². The third kappa shape index (κ3) is 4.82. The van der Waals surface area contributed by atoms with E-state index in [1.54, 1.807) is 12.4 Å². The number of fused-ring (bicyclic) bond motifs is 2. The number of benzene rings is 1. The van der Waals surface area contributed by atoms with Crippen molar-refractivity contribution in [3.8, 4) is 11.1 Å². The standard InChI is InChI=1S/C28H32FN7O/c1-17-9-18(2)31-15-24(17)23-10-19-12-26(32-14-20(19)11-25(23)29)33-27-13-22-5-8-35(21-3-6-30-7-4-21)28(37)16-36(22)34-27/h9-15,21,28,30,37H,3-8,16H2,1-2H3,(H,32,33,34). The molecule has 0 saturated carbocycles. The summed E-state index contributed by atoms with van der Waals surface area (Å²) in [5.41, 5.74) is 4.29. The molecule has 1 saturated heterocycles. The molecular weight excluding hydrogens is 469 g/mol. The molecule has 0 radical (unpaired) electrons. The van der Waals surface area contributed by atoms with Crippen LogP contribution in [0.5, 0.6) is 0 Å². The van der Waals surface area contributed by atoms with Gasteiger partial charge in [0.1, 0.15) is 17.9 Å². The summed E-state index contributed by atoms with van der Waals surface area (Å²) in [6.45, 7) is 7.16. The fourth-order valence-electron chi connectivity index (χ4n) is 5.64. The Kier molecular flexibility index (Phi) is 6.36. The number of piperidine rings is 1. The highest BCUT2D eigenvalue weighted by Crippen LogP contribution is 2.31. The van der Waals surface area contributed by atoms with E-state index in [0.29, 0.717) is 29.8 Å². The van der Waals surface area contributed by atoms with E-state index in [-0.39, 0.29) is 5.82 Å². The minimum Gasteiger partial charge on any atom is -0.376 e. The normalized spacial score (nSPS) is 19.1. The van der Waals surface area contributed by atoms with Gasteiger partial charge in [0.05, 0.1) is 6.54 Å². The van der Waals surface area contributed by atoms with Crippen LogP contribution in [0.4, 0.5) is 16.0 Å². The van der Waals surface area contributed by atoms with Crippen LogP contribution in [0.25, 0.3) is 21.9 Å². The second-order valence-electron chi connectivity index (χ2n) is 10.2. The van der Waals surface area contributed by atoms with Crippen LogP contribution in [-0.4, -0.2) is 61.7 Å². The molecule has 1 fully saturated rings. The van der Waals surface area contributed by atoms with Crippen molar-refractivity contribution in [3.63, 3.8) is 0 Å². The van der Waals surface area contributed by atoms with E-state index in [0.717, 1.165) is 72.2 Å². The Morgan fingerprint density at radius 1 is 0.973 bits per heavy atom. The Balaban J connectivity index is 1.23. The van der Waals surface area contributed by atoms with Gasteiger partial charge in [-0.25, -0.2) is 9.37 Å². The lowest BCUT2D eigenvalue weighted by Gasteiger charge is -2.36. The molecule has 1 atom stereocenters. The van der Waals surface area contributed by atoms with Crippen LogP contribution in [0.15, 0.2) is 42.7 Å². The number of halogens is 1. The van der Waals surface area contributed by atoms with Gasteiger partial charge in [-0.2, -0.15) is 5.10 Å². The van der Waals surface area contributed by atoms with Gasteiger partial charge in [-0.3, -0.25) is 14.6 Å². The fourth-order valence-corrected chi connectivity index (χ4v) is 5.64. The van der Waals surface area contributed by atoms with E-state index in [2.05, 4.69) is 25.5 Å². The van der Waals surface area contributed by atoms with E-state index < -0.39 is 6.23 Å². The van der Waals surface area contributed by atoms with Gasteiger partial charge < -0.3 is 15.7 Å². The first kappa shape index (κ1) is 24.0. The van der Waals surface area contributed by atoms with Crippen LogP contribution in [0.3, 0.4) is 0 Å². The summed E-state index contributed by atoms with van der Waals surface area (Å²) >= 11 is 0. The molecule has 9 heteroatoms. The minimum atomic E-state index is -0.552. The highest BCUT2D eigenvalue weighted by Gasteiger charge is 2.30. The number of anilines is 2. The number of nitrogens with one attached hydrogen (secondary N) is 2. The van der Waals surface area contributed by atoms with Crippen LogP contribution < -0.4 is 10.6 Å².